The number of ether oxygens (including phenoxy) is 1. The van der Waals surface area contributed by atoms with Gasteiger partial charge < -0.3 is 4.74 Å². The quantitative estimate of drug-likeness (QED) is 0.422. The van der Waals surface area contributed by atoms with E-state index in [-0.39, 0.29) is 0 Å². The molecule has 1 unspecified atom stereocenters. The van der Waals surface area contributed by atoms with Gasteiger partial charge in [-0.3, -0.25) is 4.90 Å². The molecule has 1 aliphatic heterocycles. The molecule has 0 radical (unpaired) electrons. The molecule has 1 saturated heterocycles. The van der Waals surface area contributed by atoms with Gasteiger partial charge >= 0.3 is 0 Å². The summed E-state index contributed by atoms with van der Waals surface area (Å²) in [5.41, 5.74) is 0.402. The minimum atomic E-state index is 0.402. The number of hydrogen-bond acceptors (Lipinski definition) is 2. The minimum absolute atomic E-state index is 0.402. The molecule has 1 rings (SSSR count). The molecule has 0 aromatic rings. The molecule has 2 nitrogen and oxygen atoms in total. The van der Waals surface area contributed by atoms with Crippen molar-refractivity contribution >= 4 is 7.85 Å². The molecule has 0 N–H and O–H groups in total. The first-order valence-corrected chi connectivity index (χ1v) is 9.49. The molecule has 1 heterocycles. The zero-order chi connectivity index (χ0) is 15.6. The first-order valence-electron chi connectivity index (χ1n) is 9.49. The lowest BCUT2D eigenvalue weighted by Crippen LogP contribution is -2.54. The fourth-order valence-electron chi connectivity index (χ4n) is 3.62. The topological polar surface area (TPSA) is 12.5 Å². The molecule has 0 bridgehead atoms. The summed E-state index contributed by atoms with van der Waals surface area (Å²) in [6.45, 7) is 10.3. The molecule has 0 aromatic heterocycles. The smallest absolute Gasteiger partial charge is 0.140 e. The molecular weight excluding hydrogens is 257 g/mol. The van der Waals surface area contributed by atoms with E-state index in [1.54, 1.807) is 0 Å². The third-order valence-electron chi connectivity index (χ3n) is 5.14. The Morgan fingerprint density at radius 3 is 2.05 bits per heavy atom. The Labute approximate surface area is 134 Å². The maximum atomic E-state index is 5.75. The average molecular weight is 295 g/mol. The number of unbranched alkanes of at least 4 members (excludes halogenated alkanes) is 6. The predicted octanol–water partition coefficient (Wildman–Crippen LogP) is 3.98. The van der Waals surface area contributed by atoms with Crippen LogP contribution < -0.4 is 0 Å². The summed E-state index contributed by atoms with van der Waals surface area (Å²) >= 11 is 0. The predicted molar refractivity (Wildman–Crippen MR) is 95.8 cm³/mol. The van der Waals surface area contributed by atoms with Crippen LogP contribution in [0.2, 0.25) is 0 Å². The van der Waals surface area contributed by atoms with Crippen LogP contribution in [0.15, 0.2) is 0 Å². The fraction of sp³-hybridized carbons (Fsp3) is 1.00. The second kappa shape index (κ2) is 10.7. The Bertz CT molecular complexity index is 248. The molecule has 0 aromatic carbocycles. The van der Waals surface area contributed by atoms with Crippen molar-refractivity contribution in [2.75, 3.05) is 19.7 Å². The SMILES string of the molecule is BC1CN(C(C)(CCCCCC)CCCCCC)CCO1. The van der Waals surface area contributed by atoms with E-state index in [0.717, 1.165) is 19.7 Å². The first kappa shape index (κ1) is 19.0. The number of morpholine rings is 1. The summed E-state index contributed by atoms with van der Waals surface area (Å²) in [7, 11) is 2.22. The third kappa shape index (κ3) is 7.19. The Hall–Kier alpha value is -0.0151. The van der Waals surface area contributed by atoms with Crippen LogP contribution in [0.4, 0.5) is 0 Å². The third-order valence-corrected chi connectivity index (χ3v) is 5.14. The molecule has 1 aliphatic rings. The Morgan fingerprint density at radius 1 is 1.00 bits per heavy atom. The molecule has 0 spiro atoms. The molecule has 3 heteroatoms. The van der Waals surface area contributed by atoms with Gasteiger partial charge in [0.2, 0.25) is 0 Å². The summed E-state index contributed by atoms with van der Waals surface area (Å²) in [4.78, 5) is 2.74. The van der Waals surface area contributed by atoms with Gasteiger partial charge in [-0.1, -0.05) is 65.2 Å². The van der Waals surface area contributed by atoms with Crippen molar-refractivity contribution in [1.82, 2.24) is 4.90 Å². The van der Waals surface area contributed by atoms with E-state index in [9.17, 15) is 0 Å². The zero-order valence-corrected chi connectivity index (χ0v) is 15.1. The van der Waals surface area contributed by atoms with Gasteiger partial charge in [-0.2, -0.15) is 0 Å². The lowest BCUT2D eigenvalue weighted by atomic mass is 9.84. The van der Waals surface area contributed by atoms with Gasteiger partial charge in [0, 0.05) is 24.6 Å². The van der Waals surface area contributed by atoms with Crippen LogP contribution in [-0.2, 0) is 4.74 Å². The van der Waals surface area contributed by atoms with Crippen LogP contribution in [-0.4, -0.2) is 44.0 Å². The van der Waals surface area contributed by atoms with E-state index in [1.807, 2.05) is 0 Å². The van der Waals surface area contributed by atoms with Gasteiger partial charge in [0.05, 0.1) is 6.61 Å². The fourth-order valence-corrected chi connectivity index (χ4v) is 3.62. The first-order chi connectivity index (χ1) is 10.1. The van der Waals surface area contributed by atoms with E-state index in [4.69, 9.17) is 4.74 Å². The monoisotopic (exact) mass is 295 g/mol. The molecule has 21 heavy (non-hydrogen) atoms. The Morgan fingerprint density at radius 2 is 1.57 bits per heavy atom. The van der Waals surface area contributed by atoms with E-state index >= 15 is 0 Å². The van der Waals surface area contributed by atoms with E-state index in [1.165, 1.54) is 64.2 Å². The molecular formula is C18H38BNO. The average Bonchev–Trinajstić information content (AvgIpc) is 2.48. The summed E-state index contributed by atoms with van der Waals surface area (Å²) in [6, 6.07) is 0.407. The van der Waals surface area contributed by atoms with Crippen LogP contribution in [0.3, 0.4) is 0 Å². The summed E-state index contributed by atoms with van der Waals surface area (Å²) < 4.78 is 5.75. The second-order valence-corrected chi connectivity index (χ2v) is 7.25. The van der Waals surface area contributed by atoms with Crippen LogP contribution in [0.25, 0.3) is 0 Å². The largest absolute Gasteiger partial charge is 0.385 e. The highest BCUT2D eigenvalue weighted by Gasteiger charge is 2.33. The van der Waals surface area contributed by atoms with Crippen molar-refractivity contribution < 1.29 is 4.74 Å². The van der Waals surface area contributed by atoms with Crippen molar-refractivity contribution in [1.29, 1.82) is 0 Å². The minimum Gasteiger partial charge on any atom is -0.385 e. The van der Waals surface area contributed by atoms with E-state index in [0.29, 0.717) is 11.5 Å². The van der Waals surface area contributed by atoms with Gasteiger partial charge in [0.25, 0.3) is 0 Å². The van der Waals surface area contributed by atoms with Crippen molar-refractivity contribution in [3.63, 3.8) is 0 Å². The standard InChI is InChI=1S/C18H38BNO/c1-4-6-8-10-12-18(3,13-11-9-7-5-2)20-14-15-21-17(19)16-20/h17H,4-16,19H2,1-3H3. The van der Waals surface area contributed by atoms with Gasteiger partial charge in [-0.15, -0.1) is 0 Å². The van der Waals surface area contributed by atoms with Crippen molar-refractivity contribution in [2.45, 2.75) is 96.5 Å². The molecule has 0 amide bonds. The Kier molecular flexibility index (Phi) is 9.67. The van der Waals surface area contributed by atoms with Crippen molar-refractivity contribution in [2.24, 2.45) is 0 Å². The van der Waals surface area contributed by atoms with Gasteiger partial charge in [-0.05, 0) is 19.8 Å². The van der Waals surface area contributed by atoms with Gasteiger partial charge in [-0.25, -0.2) is 0 Å². The van der Waals surface area contributed by atoms with Crippen LogP contribution in [0, 0.1) is 0 Å². The number of rotatable bonds is 11. The van der Waals surface area contributed by atoms with E-state index in [2.05, 4.69) is 33.5 Å². The normalized spacial score (nSPS) is 20.8. The van der Waals surface area contributed by atoms with Crippen molar-refractivity contribution in [3.05, 3.63) is 0 Å². The maximum absolute atomic E-state index is 5.75. The zero-order valence-electron chi connectivity index (χ0n) is 15.1. The molecule has 1 atom stereocenters. The van der Waals surface area contributed by atoms with Crippen LogP contribution >= 0.6 is 0 Å². The molecule has 1 fully saturated rings. The highest BCUT2D eigenvalue weighted by Crippen LogP contribution is 2.30. The highest BCUT2D eigenvalue weighted by atomic mass is 16.5. The lowest BCUT2D eigenvalue weighted by Gasteiger charge is -2.45. The molecule has 0 aliphatic carbocycles. The van der Waals surface area contributed by atoms with E-state index < -0.39 is 0 Å². The number of hydrogen-bond donors (Lipinski definition) is 0. The van der Waals surface area contributed by atoms with Crippen molar-refractivity contribution in [3.8, 4) is 0 Å². The maximum Gasteiger partial charge on any atom is 0.140 e. The Balaban J connectivity index is 2.49. The summed E-state index contributed by atoms with van der Waals surface area (Å²) in [5.74, 6) is 0. The van der Waals surface area contributed by atoms with Crippen LogP contribution in [0.1, 0.15) is 85.0 Å². The second-order valence-electron chi connectivity index (χ2n) is 7.25. The number of nitrogens with zero attached hydrogens (tertiary/aromatic N) is 1. The summed E-state index contributed by atoms with van der Waals surface area (Å²) in [5, 5.41) is 0. The molecule has 124 valence electrons. The van der Waals surface area contributed by atoms with Gasteiger partial charge in [0.15, 0.2) is 0 Å². The lowest BCUT2D eigenvalue weighted by molar-refractivity contribution is -0.0410. The van der Waals surface area contributed by atoms with Gasteiger partial charge in [0.1, 0.15) is 7.85 Å². The molecule has 0 saturated carbocycles. The summed E-state index contributed by atoms with van der Waals surface area (Å²) in [6.07, 6.45) is 13.8. The van der Waals surface area contributed by atoms with Crippen LogP contribution in [0.5, 0.6) is 0 Å². The highest BCUT2D eigenvalue weighted by molar-refractivity contribution is 6.11.